The van der Waals surface area contributed by atoms with Crippen LogP contribution < -0.4 is 5.32 Å². The van der Waals surface area contributed by atoms with Crippen LogP contribution >= 0.6 is 11.8 Å². The lowest BCUT2D eigenvalue weighted by atomic mass is 10.2. The number of hydrogen-bond acceptors (Lipinski definition) is 3. The third-order valence-electron chi connectivity index (χ3n) is 2.38. The summed E-state index contributed by atoms with van der Waals surface area (Å²) in [6.07, 6.45) is 6.57. The van der Waals surface area contributed by atoms with Crippen LogP contribution in [0.4, 0.5) is 0 Å². The van der Waals surface area contributed by atoms with Crippen molar-refractivity contribution < 1.29 is 0 Å². The highest BCUT2D eigenvalue weighted by molar-refractivity contribution is 7.98. The number of nitrogens with one attached hydrogen (secondary N) is 1. The Labute approximate surface area is 96.9 Å². The molecule has 0 radical (unpaired) electrons. The first-order valence-electron chi connectivity index (χ1n) is 5.44. The molecule has 0 aliphatic carbocycles. The van der Waals surface area contributed by atoms with E-state index in [1.807, 2.05) is 24.0 Å². The molecular weight excluding hydrogens is 204 g/mol. The molecule has 0 atom stereocenters. The maximum Gasteiger partial charge on any atom is 0.0417 e. The molecule has 1 heterocycles. The second kappa shape index (κ2) is 7.71. The third kappa shape index (κ3) is 5.19. The van der Waals surface area contributed by atoms with E-state index in [9.17, 15) is 0 Å². The van der Waals surface area contributed by atoms with Crippen molar-refractivity contribution in [3.63, 3.8) is 0 Å². The lowest BCUT2D eigenvalue weighted by Crippen LogP contribution is -2.15. The monoisotopic (exact) mass is 224 g/mol. The number of hydrogen-bond donors (Lipinski definition) is 1. The lowest BCUT2D eigenvalue weighted by Gasteiger charge is -2.06. The molecular formula is C12H20N2S. The minimum absolute atomic E-state index is 0.943. The Kier molecular flexibility index (Phi) is 6.44. The number of aryl methyl sites for hydroxylation is 1. The van der Waals surface area contributed by atoms with E-state index in [4.69, 9.17) is 0 Å². The molecule has 0 saturated carbocycles. The van der Waals surface area contributed by atoms with Crippen molar-refractivity contribution >= 4 is 11.8 Å². The Balaban J connectivity index is 2.12. The van der Waals surface area contributed by atoms with Crippen LogP contribution in [-0.4, -0.2) is 23.5 Å². The van der Waals surface area contributed by atoms with Gasteiger partial charge in [0.1, 0.15) is 0 Å². The average molecular weight is 224 g/mol. The van der Waals surface area contributed by atoms with Crippen LogP contribution in [0, 0.1) is 6.92 Å². The quantitative estimate of drug-likeness (QED) is 0.721. The normalized spacial score (nSPS) is 10.5. The van der Waals surface area contributed by atoms with Crippen molar-refractivity contribution in [1.29, 1.82) is 0 Å². The maximum absolute atomic E-state index is 4.26. The highest BCUT2D eigenvalue weighted by Gasteiger charge is 1.96. The zero-order valence-corrected chi connectivity index (χ0v) is 10.4. The summed E-state index contributed by atoms with van der Waals surface area (Å²) >= 11 is 1.92. The molecule has 0 bridgehead atoms. The van der Waals surface area contributed by atoms with Crippen molar-refractivity contribution in [2.24, 2.45) is 0 Å². The lowest BCUT2D eigenvalue weighted by molar-refractivity contribution is 0.640. The van der Waals surface area contributed by atoms with Crippen LogP contribution in [0.1, 0.15) is 24.1 Å². The fourth-order valence-electron chi connectivity index (χ4n) is 1.42. The zero-order chi connectivity index (χ0) is 10.9. The Hall–Kier alpha value is -0.540. The van der Waals surface area contributed by atoms with Gasteiger partial charge in [-0.1, -0.05) is 6.07 Å². The summed E-state index contributed by atoms with van der Waals surface area (Å²) in [5.41, 5.74) is 2.44. The van der Waals surface area contributed by atoms with Gasteiger partial charge in [-0.25, -0.2) is 0 Å². The van der Waals surface area contributed by atoms with Crippen LogP contribution in [0.3, 0.4) is 0 Å². The Bertz CT molecular complexity index is 276. The summed E-state index contributed by atoms with van der Waals surface area (Å²) in [6, 6.07) is 4.13. The van der Waals surface area contributed by atoms with Gasteiger partial charge in [-0.3, -0.25) is 4.98 Å². The van der Waals surface area contributed by atoms with Gasteiger partial charge in [0.25, 0.3) is 0 Å². The first kappa shape index (κ1) is 12.5. The zero-order valence-electron chi connectivity index (χ0n) is 9.62. The first-order chi connectivity index (χ1) is 7.34. The molecule has 0 amide bonds. The Morgan fingerprint density at radius 3 is 3.00 bits per heavy atom. The van der Waals surface area contributed by atoms with E-state index < -0.39 is 0 Å². The van der Waals surface area contributed by atoms with E-state index in [1.165, 1.54) is 24.2 Å². The van der Waals surface area contributed by atoms with Gasteiger partial charge < -0.3 is 5.32 Å². The Morgan fingerprint density at radius 2 is 2.27 bits per heavy atom. The van der Waals surface area contributed by atoms with Crippen molar-refractivity contribution in [3.8, 4) is 0 Å². The van der Waals surface area contributed by atoms with Crippen LogP contribution in [0.2, 0.25) is 0 Å². The maximum atomic E-state index is 4.26. The van der Waals surface area contributed by atoms with Gasteiger partial charge in [0, 0.05) is 18.4 Å². The molecule has 0 aromatic carbocycles. The van der Waals surface area contributed by atoms with E-state index in [-0.39, 0.29) is 0 Å². The molecule has 0 aliphatic rings. The Morgan fingerprint density at radius 1 is 1.40 bits per heavy atom. The molecule has 0 fully saturated rings. The van der Waals surface area contributed by atoms with Crippen molar-refractivity contribution in [1.82, 2.24) is 10.3 Å². The number of pyridine rings is 1. The molecule has 0 spiro atoms. The smallest absolute Gasteiger partial charge is 0.0417 e. The summed E-state index contributed by atoms with van der Waals surface area (Å²) in [6.45, 7) is 4.11. The van der Waals surface area contributed by atoms with E-state index in [2.05, 4.69) is 29.5 Å². The minimum Gasteiger partial charge on any atom is -0.313 e. The number of aromatic nitrogens is 1. The first-order valence-corrected chi connectivity index (χ1v) is 6.84. The van der Waals surface area contributed by atoms with Crippen LogP contribution in [0.15, 0.2) is 18.3 Å². The highest BCUT2D eigenvalue weighted by Crippen LogP contribution is 2.03. The molecule has 3 heteroatoms. The van der Waals surface area contributed by atoms with Crippen LogP contribution in [-0.2, 0) is 6.54 Å². The van der Waals surface area contributed by atoms with E-state index in [0.29, 0.717) is 0 Å². The predicted octanol–water partition coefficient (Wildman–Crippen LogP) is 2.62. The number of thioether (sulfide) groups is 1. The van der Waals surface area contributed by atoms with E-state index in [1.54, 1.807) is 0 Å². The highest BCUT2D eigenvalue weighted by atomic mass is 32.2. The van der Waals surface area contributed by atoms with Crippen molar-refractivity contribution in [2.45, 2.75) is 26.3 Å². The predicted molar refractivity (Wildman–Crippen MR) is 68.3 cm³/mol. The molecule has 0 unspecified atom stereocenters. The molecule has 0 saturated heterocycles. The largest absolute Gasteiger partial charge is 0.313 e. The van der Waals surface area contributed by atoms with Gasteiger partial charge >= 0.3 is 0 Å². The van der Waals surface area contributed by atoms with E-state index in [0.717, 1.165) is 18.8 Å². The summed E-state index contributed by atoms with van der Waals surface area (Å²) in [7, 11) is 0. The van der Waals surface area contributed by atoms with Crippen molar-refractivity contribution in [2.75, 3.05) is 18.6 Å². The average Bonchev–Trinajstić information content (AvgIpc) is 2.25. The molecule has 1 aromatic rings. The number of nitrogens with zero attached hydrogens (tertiary/aromatic N) is 1. The van der Waals surface area contributed by atoms with Crippen LogP contribution in [0.5, 0.6) is 0 Å². The third-order valence-corrected chi connectivity index (χ3v) is 3.08. The van der Waals surface area contributed by atoms with Gasteiger partial charge in [-0.2, -0.15) is 11.8 Å². The topological polar surface area (TPSA) is 24.9 Å². The second-order valence-electron chi connectivity index (χ2n) is 3.62. The van der Waals surface area contributed by atoms with Gasteiger partial charge in [0.05, 0.1) is 0 Å². The van der Waals surface area contributed by atoms with Gasteiger partial charge in [-0.05, 0) is 49.9 Å². The summed E-state index contributed by atoms with van der Waals surface area (Å²) in [5, 5.41) is 3.45. The van der Waals surface area contributed by atoms with E-state index >= 15 is 0 Å². The van der Waals surface area contributed by atoms with Crippen LogP contribution in [0.25, 0.3) is 0 Å². The van der Waals surface area contributed by atoms with Gasteiger partial charge in [0.15, 0.2) is 0 Å². The summed E-state index contributed by atoms with van der Waals surface area (Å²) in [5.74, 6) is 1.27. The minimum atomic E-state index is 0.943. The van der Waals surface area contributed by atoms with Gasteiger partial charge in [-0.15, -0.1) is 0 Å². The number of rotatable bonds is 7. The molecule has 1 N–H and O–H groups in total. The molecule has 2 nitrogen and oxygen atoms in total. The molecule has 1 aromatic heterocycles. The fourth-order valence-corrected chi connectivity index (χ4v) is 1.92. The number of unbranched alkanes of at least 4 members (excludes halogenated alkanes) is 1. The molecule has 84 valence electrons. The fraction of sp³-hybridized carbons (Fsp3) is 0.583. The molecule has 0 aliphatic heterocycles. The summed E-state index contributed by atoms with van der Waals surface area (Å²) in [4.78, 5) is 4.26. The molecule has 1 rings (SSSR count). The standard InChI is InChI=1S/C12H20N2S/c1-11-12(6-5-8-14-11)10-13-7-3-4-9-15-2/h5-6,8,13H,3-4,7,9-10H2,1-2H3. The second-order valence-corrected chi connectivity index (χ2v) is 4.61. The van der Waals surface area contributed by atoms with Crippen molar-refractivity contribution in [3.05, 3.63) is 29.6 Å². The molecule has 15 heavy (non-hydrogen) atoms. The van der Waals surface area contributed by atoms with Gasteiger partial charge in [0.2, 0.25) is 0 Å². The SMILES string of the molecule is CSCCCCNCc1cccnc1C. The summed E-state index contributed by atoms with van der Waals surface area (Å²) < 4.78 is 0.